The minimum atomic E-state index is -0.185. The maximum absolute atomic E-state index is 11.5. The second-order valence-electron chi connectivity index (χ2n) is 4.39. The van der Waals surface area contributed by atoms with E-state index in [0.717, 1.165) is 13.1 Å². The molecule has 0 atom stereocenters. The van der Waals surface area contributed by atoms with Crippen molar-refractivity contribution in [3.05, 3.63) is 0 Å². The molecule has 14 heavy (non-hydrogen) atoms. The third-order valence-corrected chi connectivity index (χ3v) is 1.70. The number of nitrogens with zero attached hydrogens (tertiary/aromatic N) is 1. The van der Waals surface area contributed by atoms with Crippen LogP contribution in [-0.4, -0.2) is 30.7 Å². The molecule has 0 bridgehead atoms. The van der Waals surface area contributed by atoms with Crippen molar-refractivity contribution < 1.29 is 9.53 Å². The molecule has 0 fully saturated rings. The number of rotatable bonds is 5. The highest BCUT2D eigenvalue weighted by Crippen LogP contribution is 2.05. The summed E-state index contributed by atoms with van der Waals surface area (Å²) in [5.74, 6) is 0.969. The quantitative estimate of drug-likeness (QED) is 0.684. The molecule has 0 saturated carbocycles. The summed E-state index contributed by atoms with van der Waals surface area (Å²) >= 11 is 0. The average molecular weight is 201 g/mol. The van der Waals surface area contributed by atoms with Crippen molar-refractivity contribution in [2.75, 3.05) is 19.7 Å². The molecule has 0 rings (SSSR count). The number of carbonyl (C=O) groups excluding carboxylic acids is 1. The van der Waals surface area contributed by atoms with Crippen molar-refractivity contribution in [3.63, 3.8) is 0 Å². The Bertz CT molecular complexity index is 157. The van der Waals surface area contributed by atoms with Gasteiger partial charge in [-0.1, -0.05) is 27.7 Å². The van der Waals surface area contributed by atoms with Crippen LogP contribution in [0.4, 0.5) is 4.79 Å². The van der Waals surface area contributed by atoms with Crippen LogP contribution < -0.4 is 0 Å². The van der Waals surface area contributed by atoms with Gasteiger partial charge in [0.2, 0.25) is 0 Å². The molecule has 84 valence electrons. The van der Waals surface area contributed by atoms with Gasteiger partial charge in [-0.05, 0) is 18.8 Å². The van der Waals surface area contributed by atoms with Crippen LogP contribution in [-0.2, 0) is 4.74 Å². The largest absolute Gasteiger partial charge is 0.450 e. The van der Waals surface area contributed by atoms with Gasteiger partial charge in [0.25, 0.3) is 0 Å². The van der Waals surface area contributed by atoms with Crippen LogP contribution in [0.3, 0.4) is 0 Å². The zero-order valence-corrected chi connectivity index (χ0v) is 10.0. The van der Waals surface area contributed by atoms with Gasteiger partial charge in [0, 0.05) is 13.1 Å². The smallest absolute Gasteiger partial charge is 0.409 e. The van der Waals surface area contributed by atoms with E-state index in [4.69, 9.17) is 4.74 Å². The Morgan fingerprint density at radius 3 is 1.86 bits per heavy atom. The Hall–Kier alpha value is -0.730. The van der Waals surface area contributed by atoms with Crippen LogP contribution in [0.15, 0.2) is 0 Å². The molecule has 0 unspecified atom stereocenters. The molecule has 0 aromatic heterocycles. The van der Waals surface area contributed by atoms with Gasteiger partial charge in [-0.2, -0.15) is 0 Å². The third-order valence-electron chi connectivity index (χ3n) is 1.70. The lowest BCUT2D eigenvalue weighted by atomic mass is 10.1. The first-order valence-corrected chi connectivity index (χ1v) is 5.39. The van der Waals surface area contributed by atoms with Crippen LogP contribution in [0, 0.1) is 11.8 Å². The first-order chi connectivity index (χ1) is 6.47. The third kappa shape index (κ3) is 5.84. The topological polar surface area (TPSA) is 29.5 Å². The second-order valence-corrected chi connectivity index (χ2v) is 4.39. The van der Waals surface area contributed by atoms with E-state index in [-0.39, 0.29) is 6.09 Å². The van der Waals surface area contributed by atoms with E-state index in [1.54, 1.807) is 4.90 Å². The molecule has 0 aliphatic carbocycles. The van der Waals surface area contributed by atoms with Gasteiger partial charge in [0.15, 0.2) is 0 Å². The first-order valence-electron chi connectivity index (χ1n) is 5.39. The lowest BCUT2D eigenvalue weighted by molar-refractivity contribution is 0.0977. The van der Waals surface area contributed by atoms with E-state index in [1.807, 2.05) is 6.92 Å². The molecule has 1 amide bonds. The number of ether oxygens (including phenoxy) is 1. The van der Waals surface area contributed by atoms with E-state index in [0.29, 0.717) is 18.4 Å². The SMILES string of the molecule is CCOC(=O)N(CC(C)C)CC(C)C. The molecule has 0 heterocycles. The Labute approximate surface area is 87.4 Å². The zero-order valence-electron chi connectivity index (χ0n) is 10.0. The van der Waals surface area contributed by atoms with Gasteiger partial charge in [-0.15, -0.1) is 0 Å². The normalized spacial score (nSPS) is 10.8. The molecule has 0 N–H and O–H groups in total. The Morgan fingerprint density at radius 1 is 1.14 bits per heavy atom. The van der Waals surface area contributed by atoms with Gasteiger partial charge >= 0.3 is 6.09 Å². The van der Waals surface area contributed by atoms with Crippen molar-refractivity contribution in [3.8, 4) is 0 Å². The van der Waals surface area contributed by atoms with E-state index in [9.17, 15) is 4.79 Å². The van der Waals surface area contributed by atoms with Crippen LogP contribution >= 0.6 is 0 Å². The summed E-state index contributed by atoms with van der Waals surface area (Å²) in [6, 6.07) is 0. The maximum atomic E-state index is 11.5. The van der Waals surface area contributed by atoms with Gasteiger partial charge in [0.1, 0.15) is 0 Å². The summed E-state index contributed by atoms with van der Waals surface area (Å²) < 4.78 is 4.99. The Balaban J connectivity index is 4.15. The minimum absolute atomic E-state index is 0.185. The summed E-state index contributed by atoms with van der Waals surface area (Å²) in [6.45, 7) is 12.2. The van der Waals surface area contributed by atoms with Crippen molar-refractivity contribution in [1.82, 2.24) is 4.90 Å². The fourth-order valence-electron chi connectivity index (χ4n) is 1.32. The highest BCUT2D eigenvalue weighted by Gasteiger charge is 2.16. The molecule has 0 saturated heterocycles. The fourth-order valence-corrected chi connectivity index (χ4v) is 1.32. The van der Waals surface area contributed by atoms with Gasteiger partial charge < -0.3 is 9.64 Å². The van der Waals surface area contributed by atoms with Crippen LogP contribution in [0.2, 0.25) is 0 Å². The number of hydrogen-bond acceptors (Lipinski definition) is 2. The summed E-state index contributed by atoms with van der Waals surface area (Å²) in [7, 11) is 0. The van der Waals surface area contributed by atoms with Crippen molar-refractivity contribution in [2.24, 2.45) is 11.8 Å². The molecule has 0 aromatic rings. The summed E-state index contributed by atoms with van der Waals surface area (Å²) in [6.07, 6.45) is -0.185. The molecule has 0 aliphatic rings. The van der Waals surface area contributed by atoms with Crippen LogP contribution in [0.1, 0.15) is 34.6 Å². The Kier molecular flexibility index (Phi) is 6.34. The molecule has 0 radical (unpaired) electrons. The van der Waals surface area contributed by atoms with Crippen LogP contribution in [0.25, 0.3) is 0 Å². The number of hydrogen-bond donors (Lipinski definition) is 0. The van der Waals surface area contributed by atoms with Crippen molar-refractivity contribution >= 4 is 6.09 Å². The van der Waals surface area contributed by atoms with E-state index in [1.165, 1.54) is 0 Å². The van der Waals surface area contributed by atoms with E-state index in [2.05, 4.69) is 27.7 Å². The monoisotopic (exact) mass is 201 g/mol. The number of amides is 1. The average Bonchev–Trinajstić information content (AvgIpc) is 2.01. The van der Waals surface area contributed by atoms with Crippen LogP contribution in [0.5, 0.6) is 0 Å². The van der Waals surface area contributed by atoms with Crippen molar-refractivity contribution in [1.29, 1.82) is 0 Å². The predicted molar refractivity (Wildman–Crippen MR) is 58.3 cm³/mol. The maximum Gasteiger partial charge on any atom is 0.409 e. The predicted octanol–water partition coefficient (Wildman–Crippen LogP) is 2.76. The minimum Gasteiger partial charge on any atom is -0.450 e. The summed E-state index contributed by atoms with van der Waals surface area (Å²) in [5.41, 5.74) is 0. The lowest BCUT2D eigenvalue weighted by Gasteiger charge is -2.25. The summed E-state index contributed by atoms with van der Waals surface area (Å²) in [5, 5.41) is 0. The lowest BCUT2D eigenvalue weighted by Crippen LogP contribution is -2.37. The van der Waals surface area contributed by atoms with E-state index < -0.39 is 0 Å². The molecule has 3 heteroatoms. The standard InChI is InChI=1S/C11H23NO2/c1-6-14-11(13)12(7-9(2)3)8-10(4)5/h9-10H,6-8H2,1-5H3. The first kappa shape index (κ1) is 13.3. The second kappa shape index (κ2) is 6.68. The van der Waals surface area contributed by atoms with Gasteiger partial charge in [-0.25, -0.2) is 4.79 Å². The molecule has 0 spiro atoms. The van der Waals surface area contributed by atoms with Gasteiger partial charge in [-0.3, -0.25) is 0 Å². The number of carbonyl (C=O) groups is 1. The van der Waals surface area contributed by atoms with E-state index >= 15 is 0 Å². The molecule has 0 aliphatic heterocycles. The molecular weight excluding hydrogens is 178 g/mol. The fraction of sp³-hybridized carbons (Fsp3) is 0.909. The highest BCUT2D eigenvalue weighted by atomic mass is 16.6. The molecular formula is C11H23NO2. The Morgan fingerprint density at radius 2 is 1.57 bits per heavy atom. The van der Waals surface area contributed by atoms with Gasteiger partial charge in [0.05, 0.1) is 6.61 Å². The zero-order chi connectivity index (χ0) is 11.1. The highest BCUT2D eigenvalue weighted by molar-refractivity contribution is 5.67. The molecule has 3 nitrogen and oxygen atoms in total. The summed E-state index contributed by atoms with van der Waals surface area (Å²) in [4.78, 5) is 13.3. The molecule has 0 aromatic carbocycles. The van der Waals surface area contributed by atoms with Crippen molar-refractivity contribution in [2.45, 2.75) is 34.6 Å².